The smallest absolute Gasteiger partial charge is 0.317 e. The van der Waals surface area contributed by atoms with Crippen LogP contribution in [-0.4, -0.2) is 30.0 Å². The molecule has 0 spiro atoms. The van der Waals surface area contributed by atoms with E-state index in [0.717, 1.165) is 16.9 Å². The highest BCUT2D eigenvalue weighted by Crippen LogP contribution is 2.41. The first-order chi connectivity index (χ1) is 9.66. The molecule has 2 amide bonds. The van der Waals surface area contributed by atoms with Gasteiger partial charge in [-0.3, -0.25) is 0 Å². The second-order valence-corrected chi connectivity index (χ2v) is 4.81. The fourth-order valence-corrected chi connectivity index (χ4v) is 2.20. The Morgan fingerprint density at radius 3 is 2.75 bits per heavy atom. The van der Waals surface area contributed by atoms with E-state index in [1.165, 1.54) is 4.90 Å². The number of ether oxygens (including phenoxy) is 1. The van der Waals surface area contributed by atoms with Crippen LogP contribution in [0.3, 0.4) is 0 Å². The van der Waals surface area contributed by atoms with Gasteiger partial charge in [-0.25, -0.2) is 9.78 Å². The molecule has 102 valence electrons. The van der Waals surface area contributed by atoms with Crippen molar-refractivity contribution >= 4 is 6.03 Å². The SMILES string of the molecule is CN(C)C(=O)NC1c2ccccc2Oc2ncccc21. The summed E-state index contributed by atoms with van der Waals surface area (Å²) in [7, 11) is 3.43. The Hall–Kier alpha value is -2.56. The zero-order chi connectivity index (χ0) is 14.1. The first kappa shape index (κ1) is 12.5. The molecule has 5 heteroatoms. The summed E-state index contributed by atoms with van der Waals surface area (Å²) in [5, 5.41) is 3.00. The topological polar surface area (TPSA) is 54.5 Å². The zero-order valence-corrected chi connectivity index (χ0v) is 11.3. The lowest BCUT2D eigenvalue weighted by Crippen LogP contribution is -2.38. The molecular formula is C15H15N3O2. The number of carbonyl (C=O) groups excluding carboxylic acids is 1. The van der Waals surface area contributed by atoms with E-state index >= 15 is 0 Å². The molecule has 0 aliphatic carbocycles. The minimum atomic E-state index is -0.251. The number of hydrogen-bond donors (Lipinski definition) is 1. The van der Waals surface area contributed by atoms with Crippen molar-refractivity contribution < 1.29 is 9.53 Å². The Bertz CT molecular complexity index is 610. The Kier molecular flexibility index (Phi) is 3.02. The summed E-state index contributed by atoms with van der Waals surface area (Å²) in [4.78, 5) is 17.7. The van der Waals surface area contributed by atoms with Crippen LogP contribution < -0.4 is 10.1 Å². The second kappa shape index (κ2) is 4.85. The number of hydrogen-bond acceptors (Lipinski definition) is 3. The van der Waals surface area contributed by atoms with Crippen LogP contribution in [0.25, 0.3) is 0 Å². The maximum Gasteiger partial charge on any atom is 0.317 e. The number of urea groups is 1. The molecule has 2 heterocycles. The number of amides is 2. The van der Waals surface area contributed by atoms with E-state index < -0.39 is 0 Å². The molecule has 1 aliphatic heterocycles. The van der Waals surface area contributed by atoms with Crippen molar-refractivity contribution in [1.82, 2.24) is 15.2 Å². The second-order valence-electron chi connectivity index (χ2n) is 4.81. The van der Waals surface area contributed by atoms with Gasteiger partial charge < -0.3 is 15.0 Å². The third kappa shape index (κ3) is 2.07. The van der Waals surface area contributed by atoms with Gasteiger partial charge in [0.2, 0.25) is 5.88 Å². The Labute approximate surface area is 117 Å². The number of rotatable bonds is 1. The van der Waals surface area contributed by atoms with Crippen molar-refractivity contribution in [2.24, 2.45) is 0 Å². The third-order valence-corrected chi connectivity index (χ3v) is 3.22. The van der Waals surface area contributed by atoms with Crippen molar-refractivity contribution in [3.8, 4) is 11.6 Å². The maximum absolute atomic E-state index is 12.0. The summed E-state index contributed by atoms with van der Waals surface area (Å²) in [6, 6.07) is 11.0. The van der Waals surface area contributed by atoms with Gasteiger partial charge in [0.25, 0.3) is 0 Å². The zero-order valence-electron chi connectivity index (χ0n) is 11.3. The highest BCUT2D eigenvalue weighted by molar-refractivity contribution is 5.75. The van der Waals surface area contributed by atoms with Crippen molar-refractivity contribution in [2.45, 2.75) is 6.04 Å². The van der Waals surface area contributed by atoms with E-state index in [4.69, 9.17) is 4.74 Å². The normalized spacial score (nSPS) is 15.6. The molecule has 0 bridgehead atoms. The molecule has 1 N–H and O–H groups in total. The molecule has 0 saturated heterocycles. The van der Waals surface area contributed by atoms with Crippen LogP contribution in [-0.2, 0) is 0 Å². The number of aromatic nitrogens is 1. The summed E-state index contributed by atoms with van der Waals surface area (Å²) in [5.74, 6) is 1.26. The Morgan fingerprint density at radius 1 is 1.20 bits per heavy atom. The molecule has 1 atom stereocenters. The van der Waals surface area contributed by atoms with Gasteiger partial charge in [0.1, 0.15) is 5.75 Å². The van der Waals surface area contributed by atoms with E-state index in [0.29, 0.717) is 5.88 Å². The van der Waals surface area contributed by atoms with E-state index in [2.05, 4.69) is 10.3 Å². The van der Waals surface area contributed by atoms with E-state index in [1.54, 1.807) is 20.3 Å². The first-order valence-corrected chi connectivity index (χ1v) is 6.36. The molecule has 20 heavy (non-hydrogen) atoms. The average molecular weight is 269 g/mol. The molecule has 1 aromatic heterocycles. The molecule has 1 unspecified atom stereocenters. The van der Waals surface area contributed by atoms with E-state index in [-0.39, 0.29) is 12.1 Å². The number of benzene rings is 1. The molecule has 0 saturated carbocycles. The van der Waals surface area contributed by atoms with Gasteiger partial charge in [-0.15, -0.1) is 0 Å². The van der Waals surface area contributed by atoms with Crippen LogP contribution in [0.5, 0.6) is 11.6 Å². The standard InChI is InChI=1S/C15H15N3O2/c1-18(2)15(19)17-13-10-6-3-4-8-12(10)20-14-11(13)7-5-9-16-14/h3-9,13H,1-2H3,(H,17,19). The average Bonchev–Trinajstić information content (AvgIpc) is 2.46. The number of carbonyl (C=O) groups is 1. The van der Waals surface area contributed by atoms with Crippen molar-refractivity contribution in [1.29, 1.82) is 0 Å². The monoisotopic (exact) mass is 269 g/mol. The highest BCUT2D eigenvalue weighted by Gasteiger charge is 2.29. The van der Waals surface area contributed by atoms with Crippen LogP contribution in [0, 0.1) is 0 Å². The van der Waals surface area contributed by atoms with Gasteiger partial charge >= 0.3 is 6.03 Å². The van der Waals surface area contributed by atoms with Gasteiger partial charge in [0.05, 0.1) is 6.04 Å². The van der Waals surface area contributed by atoms with Crippen molar-refractivity contribution in [3.05, 3.63) is 53.7 Å². The molecule has 1 aromatic carbocycles. The molecule has 5 nitrogen and oxygen atoms in total. The highest BCUT2D eigenvalue weighted by atomic mass is 16.5. The van der Waals surface area contributed by atoms with E-state index in [9.17, 15) is 4.79 Å². The van der Waals surface area contributed by atoms with Gasteiger partial charge in [0, 0.05) is 31.4 Å². The number of fused-ring (bicyclic) bond motifs is 2. The van der Waals surface area contributed by atoms with Gasteiger partial charge in [-0.2, -0.15) is 0 Å². The minimum absolute atomic E-state index is 0.151. The maximum atomic E-state index is 12.0. The van der Waals surface area contributed by atoms with Gasteiger partial charge in [-0.05, 0) is 18.2 Å². The lowest BCUT2D eigenvalue weighted by Gasteiger charge is -2.28. The number of nitrogens with one attached hydrogen (secondary N) is 1. The quantitative estimate of drug-likeness (QED) is 0.865. The predicted molar refractivity (Wildman–Crippen MR) is 74.8 cm³/mol. The molecular weight excluding hydrogens is 254 g/mol. The lowest BCUT2D eigenvalue weighted by atomic mass is 9.96. The summed E-state index contributed by atoms with van der Waals surface area (Å²) >= 11 is 0. The summed E-state index contributed by atoms with van der Waals surface area (Å²) in [6.45, 7) is 0. The Balaban J connectivity index is 2.05. The predicted octanol–water partition coefficient (Wildman–Crippen LogP) is 2.55. The van der Waals surface area contributed by atoms with Crippen LogP contribution in [0.2, 0.25) is 0 Å². The van der Waals surface area contributed by atoms with Gasteiger partial charge in [-0.1, -0.05) is 18.2 Å². The summed E-state index contributed by atoms with van der Waals surface area (Å²) < 4.78 is 5.77. The largest absolute Gasteiger partial charge is 0.438 e. The third-order valence-electron chi connectivity index (χ3n) is 3.22. The lowest BCUT2D eigenvalue weighted by molar-refractivity contribution is 0.214. The first-order valence-electron chi connectivity index (χ1n) is 6.36. The van der Waals surface area contributed by atoms with Crippen LogP contribution >= 0.6 is 0 Å². The minimum Gasteiger partial charge on any atom is -0.438 e. The molecule has 0 radical (unpaired) electrons. The van der Waals surface area contributed by atoms with Crippen LogP contribution in [0.1, 0.15) is 17.2 Å². The number of nitrogens with zero attached hydrogens (tertiary/aromatic N) is 2. The Morgan fingerprint density at radius 2 is 1.95 bits per heavy atom. The van der Waals surface area contributed by atoms with Crippen molar-refractivity contribution in [3.63, 3.8) is 0 Å². The van der Waals surface area contributed by atoms with Crippen molar-refractivity contribution in [2.75, 3.05) is 14.1 Å². The number of para-hydroxylation sites is 1. The fourth-order valence-electron chi connectivity index (χ4n) is 2.20. The van der Waals surface area contributed by atoms with E-state index in [1.807, 2.05) is 36.4 Å². The molecule has 1 aliphatic rings. The molecule has 3 rings (SSSR count). The molecule has 2 aromatic rings. The van der Waals surface area contributed by atoms with Gasteiger partial charge in [0.15, 0.2) is 0 Å². The fraction of sp³-hybridized carbons (Fsp3) is 0.200. The summed E-state index contributed by atoms with van der Waals surface area (Å²) in [5.41, 5.74) is 1.80. The number of pyridine rings is 1. The van der Waals surface area contributed by atoms with Crippen LogP contribution in [0.15, 0.2) is 42.6 Å². The van der Waals surface area contributed by atoms with Crippen LogP contribution in [0.4, 0.5) is 4.79 Å². The summed E-state index contributed by atoms with van der Waals surface area (Å²) in [6.07, 6.45) is 1.68. The molecule has 0 fully saturated rings.